The molecule has 0 aliphatic carbocycles. The summed E-state index contributed by atoms with van der Waals surface area (Å²) in [6, 6.07) is 6.29. The highest BCUT2D eigenvalue weighted by atomic mass is 19.1. The Hall–Kier alpha value is -2.35. The fraction of sp³-hybridized carbons (Fsp3) is 0.375. The molecular formula is C16H19FN4. The Balaban J connectivity index is 2.19. The molecule has 1 N–H and O–H groups in total. The van der Waals surface area contributed by atoms with Crippen molar-refractivity contribution in [3.05, 3.63) is 47.0 Å². The Morgan fingerprint density at radius 3 is 2.71 bits per heavy atom. The molecule has 110 valence electrons. The van der Waals surface area contributed by atoms with Crippen LogP contribution in [0.15, 0.2) is 24.4 Å². The quantitative estimate of drug-likeness (QED) is 0.941. The summed E-state index contributed by atoms with van der Waals surface area (Å²) in [6.07, 6.45) is 1.97. The van der Waals surface area contributed by atoms with Crippen LogP contribution in [0, 0.1) is 17.1 Å². The van der Waals surface area contributed by atoms with Crippen molar-refractivity contribution in [2.45, 2.75) is 32.7 Å². The van der Waals surface area contributed by atoms with Gasteiger partial charge in [0.05, 0.1) is 11.3 Å². The molecule has 0 aliphatic heterocycles. The lowest BCUT2D eigenvalue weighted by Crippen LogP contribution is -2.16. The van der Waals surface area contributed by atoms with Gasteiger partial charge in [-0.2, -0.15) is 10.4 Å². The lowest BCUT2D eigenvalue weighted by atomic mass is 9.89. The van der Waals surface area contributed by atoms with Crippen LogP contribution >= 0.6 is 0 Å². The van der Waals surface area contributed by atoms with Crippen molar-refractivity contribution in [2.24, 2.45) is 7.05 Å². The molecule has 1 aromatic carbocycles. The van der Waals surface area contributed by atoms with E-state index < -0.39 is 5.82 Å². The summed E-state index contributed by atoms with van der Waals surface area (Å²) in [7, 11) is 1.89. The predicted molar refractivity (Wildman–Crippen MR) is 80.3 cm³/mol. The molecule has 4 nitrogen and oxygen atoms in total. The summed E-state index contributed by atoms with van der Waals surface area (Å²) in [5.41, 5.74) is 2.84. The standard InChI is InChI=1S/C16H19FN4/c1-16(2,3)15-12(10-21(4)20-15)9-19-13-5-6-14(17)11(7-13)8-18/h5-7,10,19H,9H2,1-4H3. The van der Waals surface area contributed by atoms with Gasteiger partial charge in [-0.25, -0.2) is 4.39 Å². The van der Waals surface area contributed by atoms with Crippen LogP contribution in [0.3, 0.4) is 0 Å². The number of nitrogens with one attached hydrogen (secondary N) is 1. The third-order valence-corrected chi connectivity index (χ3v) is 3.18. The van der Waals surface area contributed by atoms with Crippen LogP contribution in [-0.4, -0.2) is 9.78 Å². The second-order valence-corrected chi connectivity index (χ2v) is 6.09. The van der Waals surface area contributed by atoms with Crippen molar-refractivity contribution in [1.82, 2.24) is 9.78 Å². The first-order valence-electron chi connectivity index (χ1n) is 6.78. The van der Waals surface area contributed by atoms with Crippen molar-refractivity contribution in [2.75, 3.05) is 5.32 Å². The Morgan fingerprint density at radius 1 is 1.38 bits per heavy atom. The minimum Gasteiger partial charge on any atom is -0.381 e. The molecule has 0 spiro atoms. The predicted octanol–water partition coefficient (Wildman–Crippen LogP) is 3.34. The van der Waals surface area contributed by atoms with Crippen molar-refractivity contribution >= 4 is 5.69 Å². The Labute approximate surface area is 124 Å². The van der Waals surface area contributed by atoms with E-state index in [1.165, 1.54) is 12.1 Å². The second-order valence-electron chi connectivity index (χ2n) is 6.09. The number of hydrogen-bond acceptors (Lipinski definition) is 3. The van der Waals surface area contributed by atoms with Crippen LogP contribution in [0.1, 0.15) is 37.6 Å². The lowest BCUT2D eigenvalue weighted by Gasteiger charge is -2.18. The summed E-state index contributed by atoms with van der Waals surface area (Å²) in [4.78, 5) is 0. The number of nitrogens with zero attached hydrogens (tertiary/aromatic N) is 3. The zero-order valence-corrected chi connectivity index (χ0v) is 12.7. The molecule has 1 heterocycles. The molecule has 2 rings (SSSR count). The van der Waals surface area contributed by atoms with Crippen molar-refractivity contribution in [3.63, 3.8) is 0 Å². The van der Waals surface area contributed by atoms with E-state index in [9.17, 15) is 4.39 Å². The molecule has 0 aliphatic rings. The van der Waals surface area contributed by atoms with E-state index in [2.05, 4.69) is 31.2 Å². The maximum Gasteiger partial charge on any atom is 0.141 e. The maximum absolute atomic E-state index is 13.3. The first kappa shape index (κ1) is 15.0. The topological polar surface area (TPSA) is 53.6 Å². The van der Waals surface area contributed by atoms with Gasteiger partial charge in [-0.15, -0.1) is 0 Å². The summed E-state index contributed by atoms with van der Waals surface area (Å²) in [5, 5.41) is 16.6. The van der Waals surface area contributed by atoms with Gasteiger partial charge in [0, 0.05) is 36.5 Å². The molecule has 0 unspecified atom stereocenters. The number of rotatable bonds is 3. The van der Waals surface area contributed by atoms with Gasteiger partial charge in [0.15, 0.2) is 0 Å². The van der Waals surface area contributed by atoms with E-state index >= 15 is 0 Å². The first-order chi connectivity index (χ1) is 9.81. The van der Waals surface area contributed by atoms with Gasteiger partial charge in [0.25, 0.3) is 0 Å². The fourth-order valence-electron chi connectivity index (χ4n) is 2.22. The molecule has 0 fully saturated rings. The summed E-state index contributed by atoms with van der Waals surface area (Å²) < 4.78 is 15.1. The SMILES string of the molecule is Cn1cc(CNc2ccc(F)c(C#N)c2)c(C(C)(C)C)n1. The normalized spacial score (nSPS) is 11.2. The monoisotopic (exact) mass is 286 g/mol. The molecule has 21 heavy (non-hydrogen) atoms. The molecule has 0 atom stereocenters. The van der Waals surface area contributed by atoms with Crippen LogP contribution in [0.5, 0.6) is 0 Å². The molecule has 2 aromatic rings. The van der Waals surface area contributed by atoms with Crippen LogP contribution in [0.25, 0.3) is 0 Å². The Bertz CT molecular complexity index is 689. The lowest BCUT2D eigenvalue weighted by molar-refractivity contribution is 0.549. The Kier molecular flexibility index (Phi) is 3.99. The van der Waals surface area contributed by atoms with Gasteiger partial charge in [0.1, 0.15) is 11.9 Å². The number of nitriles is 1. The van der Waals surface area contributed by atoms with E-state index in [0.29, 0.717) is 6.54 Å². The van der Waals surface area contributed by atoms with Gasteiger partial charge in [-0.05, 0) is 18.2 Å². The molecule has 5 heteroatoms. The number of aromatic nitrogens is 2. The van der Waals surface area contributed by atoms with E-state index in [1.807, 2.05) is 19.3 Å². The highest BCUT2D eigenvalue weighted by molar-refractivity contribution is 5.50. The molecule has 0 bridgehead atoms. The number of anilines is 1. The van der Waals surface area contributed by atoms with Crippen molar-refractivity contribution < 1.29 is 4.39 Å². The minimum absolute atomic E-state index is 0.0428. The summed E-state index contributed by atoms with van der Waals surface area (Å²) in [6.45, 7) is 6.93. The summed E-state index contributed by atoms with van der Waals surface area (Å²) >= 11 is 0. The van der Waals surface area contributed by atoms with Crippen LogP contribution in [-0.2, 0) is 19.0 Å². The van der Waals surface area contributed by atoms with Gasteiger partial charge in [0.2, 0.25) is 0 Å². The first-order valence-corrected chi connectivity index (χ1v) is 6.78. The van der Waals surface area contributed by atoms with Gasteiger partial charge >= 0.3 is 0 Å². The van der Waals surface area contributed by atoms with Crippen LogP contribution < -0.4 is 5.32 Å². The minimum atomic E-state index is -0.500. The fourth-order valence-corrected chi connectivity index (χ4v) is 2.22. The molecule has 0 amide bonds. The Morgan fingerprint density at radius 2 is 2.10 bits per heavy atom. The number of halogens is 1. The maximum atomic E-state index is 13.3. The molecule has 0 radical (unpaired) electrons. The number of benzene rings is 1. The zero-order valence-electron chi connectivity index (χ0n) is 12.7. The highest BCUT2D eigenvalue weighted by Gasteiger charge is 2.21. The molecule has 0 saturated heterocycles. The van der Waals surface area contributed by atoms with E-state index in [0.717, 1.165) is 16.9 Å². The van der Waals surface area contributed by atoms with Gasteiger partial charge in [-0.1, -0.05) is 20.8 Å². The van der Waals surface area contributed by atoms with Crippen LogP contribution in [0.2, 0.25) is 0 Å². The van der Waals surface area contributed by atoms with E-state index in [4.69, 9.17) is 5.26 Å². The van der Waals surface area contributed by atoms with Crippen molar-refractivity contribution in [1.29, 1.82) is 5.26 Å². The smallest absolute Gasteiger partial charge is 0.141 e. The largest absolute Gasteiger partial charge is 0.381 e. The van der Waals surface area contributed by atoms with Gasteiger partial charge in [-0.3, -0.25) is 4.68 Å². The number of aryl methyl sites for hydroxylation is 1. The highest BCUT2D eigenvalue weighted by Crippen LogP contribution is 2.25. The number of hydrogen-bond donors (Lipinski definition) is 1. The van der Waals surface area contributed by atoms with E-state index in [1.54, 1.807) is 10.7 Å². The van der Waals surface area contributed by atoms with Crippen molar-refractivity contribution in [3.8, 4) is 6.07 Å². The molecule has 1 aromatic heterocycles. The average molecular weight is 286 g/mol. The van der Waals surface area contributed by atoms with Crippen LogP contribution in [0.4, 0.5) is 10.1 Å². The van der Waals surface area contributed by atoms with Gasteiger partial charge < -0.3 is 5.32 Å². The molecule has 0 saturated carbocycles. The molecular weight excluding hydrogens is 267 g/mol. The van der Waals surface area contributed by atoms with E-state index in [-0.39, 0.29) is 11.0 Å². The zero-order chi connectivity index (χ0) is 15.6. The third-order valence-electron chi connectivity index (χ3n) is 3.18. The summed E-state index contributed by atoms with van der Waals surface area (Å²) in [5.74, 6) is -0.500. The second kappa shape index (κ2) is 5.57. The third kappa shape index (κ3) is 3.40. The average Bonchev–Trinajstić information content (AvgIpc) is 2.79.